The SMILES string of the molecule is COC(CNC(=O)C1COCCN1)c1ccccc1. The van der Waals surface area contributed by atoms with Gasteiger partial charge in [-0.15, -0.1) is 0 Å². The standard InChI is InChI=1S/C14H20N2O3/c1-18-13(11-5-3-2-4-6-11)9-16-14(17)12-10-19-8-7-15-12/h2-6,12-13,15H,7-10H2,1H3,(H,16,17). The fourth-order valence-electron chi connectivity index (χ4n) is 2.06. The molecule has 1 fully saturated rings. The lowest BCUT2D eigenvalue weighted by molar-refractivity contribution is -0.126. The van der Waals surface area contributed by atoms with Crippen LogP contribution in [0.3, 0.4) is 0 Å². The van der Waals surface area contributed by atoms with Crippen LogP contribution < -0.4 is 10.6 Å². The Hall–Kier alpha value is -1.43. The summed E-state index contributed by atoms with van der Waals surface area (Å²) in [6.07, 6.45) is -0.130. The Morgan fingerprint density at radius 2 is 2.32 bits per heavy atom. The smallest absolute Gasteiger partial charge is 0.239 e. The summed E-state index contributed by atoms with van der Waals surface area (Å²) in [7, 11) is 1.64. The number of ether oxygens (including phenoxy) is 2. The van der Waals surface area contributed by atoms with Crippen molar-refractivity contribution in [3.05, 3.63) is 35.9 Å². The number of carbonyl (C=O) groups excluding carboxylic acids is 1. The first-order valence-corrected chi connectivity index (χ1v) is 6.48. The van der Waals surface area contributed by atoms with Crippen LogP contribution in [0.15, 0.2) is 30.3 Å². The fraction of sp³-hybridized carbons (Fsp3) is 0.500. The van der Waals surface area contributed by atoms with Crippen molar-refractivity contribution < 1.29 is 14.3 Å². The quantitative estimate of drug-likeness (QED) is 0.812. The molecule has 0 bridgehead atoms. The van der Waals surface area contributed by atoms with Crippen molar-refractivity contribution in [3.8, 4) is 0 Å². The largest absolute Gasteiger partial charge is 0.378 e. The van der Waals surface area contributed by atoms with Crippen LogP contribution in [-0.4, -0.2) is 45.4 Å². The Labute approximate surface area is 113 Å². The van der Waals surface area contributed by atoms with Gasteiger partial charge in [0.2, 0.25) is 5.91 Å². The van der Waals surface area contributed by atoms with E-state index in [1.54, 1.807) is 7.11 Å². The van der Waals surface area contributed by atoms with Gasteiger partial charge in [0.15, 0.2) is 0 Å². The lowest BCUT2D eigenvalue weighted by atomic mass is 10.1. The number of amides is 1. The van der Waals surface area contributed by atoms with Crippen LogP contribution in [0.4, 0.5) is 0 Å². The maximum atomic E-state index is 11.9. The summed E-state index contributed by atoms with van der Waals surface area (Å²) in [4.78, 5) is 11.9. The fourth-order valence-corrected chi connectivity index (χ4v) is 2.06. The lowest BCUT2D eigenvalue weighted by Gasteiger charge is -2.24. The minimum atomic E-state index is -0.262. The van der Waals surface area contributed by atoms with Crippen LogP contribution in [0.5, 0.6) is 0 Å². The molecule has 1 aliphatic heterocycles. The summed E-state index contributed by atoms with van der Waals surface area (Å²) < 4.78 is 10.7. The molecule has 2 atom stereocenters. The van der Waals surface area contributed by atoms with Crippen molar-refractivity contribution in [1.82, 2.24) is 10.6 Å². The number of benzene rings is 1. The molecule has 5 nitrogen and oxygen atoms in total. The van der Waals surface area contributed by atoms with Crippen LogP contribution in [0, 0.1) is 0 Å². The Kier molecular flexibility index (Phi) is 5.32. The van der Waals surface area contributed by atoms with E-state index < -0.39 is 0 Å². The molecule has 2 N–H and O–H groups in total. The molecule has 1 saturated heterocycles. The lowest BCUT2D eigenvalue weighted by Crippen LogP contribution is -2.51. The zero-order valence-corrected chi connectivity index (χ0v) is 11.1. The first-order valence-electron chi connectivity index (χ1n) is 6.48. The van der Waals surface area contributed by atoms with Crippen molar-refractivity contribution in [2.75, 3.05) is 33.4 Å². The second-order valence-electron chi connectivity index (χ2n) is 4.46. The van der Waals surface area contributed by atoms with Gasteiger partial charge in [0.1, 0.15) is 6.04 Å². The van der Waals surface area contributed by atoms with Gasteiger partial charge in [-0.2, -0.15) is 0 Å². The zero-order valence-electron chi connectivity index (χ0n) is 11.1. The molecule has 2 rings (SSSR count). The average molecular weight is 264 g/mol. The molecule has 1 amide bonds. The number of methoxy groups -OCH3 is 1. The Bertz CT molecular complexity index is 391. The topological polar surface area (TPSA) is 59.6 Å². The molecule has 5 heteroatoms. The molecular weight excluding hydrogens is 244 g/mol. The van der Waals surface area contributed by atoms with Gasteiger partial charge in [0, 0.05) is 20.2 Å². The maximum absolute atomic E-state index is 11.9. The Morgan fingerprint density at radius 3 is 2.95 bits per heavy atom. The number of nitrogens with one attached hydrogen (secondary N) is 2. The summed E-state index contributed by atoms with van der Waals surface area (Å²) in [5, 5.41) is 6.02. The average Bonchev–Trinajstić information content (AvgIpc) is 2.49. The van der Waals surface area contributed by atoms with Gasteiger partial charge in [0.25, 0.3) is 0 Å². The molecule has 0 aliphatic carbocycles. The highest BCUT2D eigenvalue weighted by atomic mass is 16.5. The van der Waals surface area contributed by atoms with E-state index in [1.165, 1.54) is 0 Å². The van der Waals surface area contributed by atoms with Crippen LogP contribution in [-0.2, 0) is 14.3 Å². The molecule has 1 aromatic rings. The molecule has 19 heavy (non-hydrogen) atoms. The third kappa shape index (κ3) is 4.02. The summed E-state index contributed by atoms with van der Waals surface area (Å²) in [6.45, 7) is 2.26. The summed E-state index contributed by atoms with van der Waals surface area (Å²) in [5.41, 5.74) is 1.05. The predicted molar refractivity (Wildman–Crippen MR) is 71.8 cm³/mol. The van der Waals surface area contributed by atoms with E-state index in [-0.39, 0.29) is 18.1 Å². The molecule has 1 heterocycles. The minimum absolute atomic E-state index is 0.0438. The van der Waals surface area contributed by atoms with Crippen LogP contribution in [0.25, 0.3) is 0 Å². The molecule has 1 aliphatic rings. The number of morpholine rings is 1. The highest BCUT2D eigenvalue weighted by Gasteiger charge is 2.22. The van der Waals surface area contributed by atoms with Gasteiger partial charge in [-0.25, -0.2) is 0 Å². The molecule has 0 saturated carbocycles. The molecule has 0 spiro atoms. The van der Waals surface area contributed by atoms with Crippen LogP contribution >= 0.6 is 0 Å². The maximum Gasteiger partial charge on any atom is 0.239 e. The normalized spacial score (nSPS) is 20.8. The van der Waals surface area contributed by atoms with Crippen molar-refractivity contribution in [1.29, 1.82) is 0 Å². The minimum Gasteiger partial charge on any atom is -0.378 e. The van der Waals surface area contributed by atoms with Gasteiger partial charge < -0.3 is 20.1 Å². The van der Waals surface area contributed by atoms with E-state index in [9.17, 15) is 4.79 Å². The van der Waals surface area contributed by atoms with Crippen LogP contribution in [0.2, 0.25) is 0 Å². The molecule has 0 aromatic heterocycles. The van der Waals surface area contributed by atoms with E-state index >= 15 is 0 Å². The van der Waals surface area contributed by atoms with E-state index in [0.717, 1.165) is 5.56 Å². The van der Waals surface area contributed by atoms with Gasteiger partial charge in [-0.3, -0.25) is 4.79 Å². The van der Waals surface area contributed by atoms with Crippen molar-refractivity contribution in [2.24, 2.45) is 0 Å². The van der Waals surface area contributed by atoms with E-state index in [2.05, 4.69) is 10.6 Å². The monoisotopic (exact) mass is 264 g/mol. The first kappa shape index (κ1) is 14.0. The molecular formula is C14H20N2O3. The second kappa shape index (κ2) is 7.23. The highest BCUT2D eigenvalue weighted by molar-refractivity contribution is 5.82. The summed E-state index contributed by atoms with van der Waals surface area (Å²) in [6, 6.07) is 9.59. The number of rotatable bonds is 5. The third-order valence-corrected chi connectivity index (χ3v) is 3.16. The number of hydrogen-bond acceptors (Lipinski definition) is 4. The van der Waals surface area contributed by atoms with Crippen molar-refractivity contribution in [3.63, 3.8) is 0 Å². The van der Waals surface area contributed by atoms with Gasteiger partial charge in [0.05, 0.1) is 19.3 Å². The first-order chi connectivity index (χ1) is 9.31. The molecule has 2 unspecified atom stereocenters. The Morgan fingerprint density at radius 1 is 1.53 bits per heavy atom. The van der Waals surface area contributed by atoms with Gasteiger partial charge >= 0.3 is 0 Å². The van der Waals surface area contributed by atoms with Gasteiger partial charge in [-0.05, 0) is 5.56 Å². The molecule has 0 radical (unpaired) electrons. The summed E-state index contributed by atoms with van der Waals surface area (Å²) >= 11 is 0. The number of carbonyl (C=O) groups is 1. The molecule has 104 valence electrons. The van der Waals surface area contributed by atoms with E-state index in [0.29, 0.717) is 26.3 Å². The second-order valence-corrected chi connectivity index (χ2v) is 4.46. The number of hydrogen-bond donors (Lipinski definition) is 2. The zero-order chi connectivity index (χ0) is 13.5. The van der Waals surface area contributed by atoms with Crippen molar-refractivity contribution >= 4 is 5.91 Å². The van der Waals surface area contributed by atoms with Gasteiger partial charge in [-0.1, -0.05) is 30.3 Å². The molecule has 1 aromatic carbocycles. The third-order valence-electron chi connectivity index (χ3n) is 3.16. The summed E-state index contributed by atoms with van der Waals surface area (Å²) in [5.74, 6) is -0.0438. The predicted octanol–water partition coefficient (Wildman–Crippen LogP) is 0.479. The van der Waals surface area contributed by atoms with E-state index in [4.69, 9.17) is 9.47 Å². The van der Waals surface area contributed by atoms with Crippen LogP contribution in [0.1, 0.15) is 11.7 Å². The van der Waals surface area contributed by atoms with Crippen molar-refractivity contribution in [2.45, 2.75) is 12.1 Å². The van der Waals surface area contributed by atoms with E-state index in [1.807, 2.05) is 30.3 Å². The Balaban J connectivity index is 1.84. The highest BCUT2D eigenvalue weighted by Crippen LogP contribution is 2.14.